The Morgan fingerprint density at radius 2 is 2.14 bits per heavy atom. The summed E-state index contributed by atoms with van der Waals surface area (Å²) in [7, 11) is 0. The highest BCUT2D eigenvalue weighted by Crippen LogP contribution is 2.22. The third-order valence-corrected chi connectivity index (χ3v) is 3.47. The number of ether oxygens (including phenoxy) is 1. The first-order valence-corrected chi connectivity index (χ1v) is 7.76. The molecule has 0 bridgehead atoms. The van der Waals surface area contributed by atoms with Crippen LogP contribution >= 0.6 is 15.9 Å². The van der Waals surface area contributed by atoms with E-state index in [2.05, 4.69) is 38.4 Å². The van der Waals surface area contributed by atoms with Crippen LogP contribution in [0.2, 0.25) is 0 Å². The smallest absolute Gasteiger partial charge is 0.330 e. The summed E-state index contributed by atoms with van der Waals surface area (Å²) in [6, 6.07) is 12.0. The largest absolute Gasteiger partial charge is 0.463 e. The first-order chi connectivity index (χ1) is 10.7. The number of rotatable bonds is 6. The lowest BCUT2D eigenvalue weighted by atomic mass is 10.2. The molecule has 0 saturated heterocycles. The molecular formula is C17H17BrN2O2. The maximum absolute atomic E-state index is 11.3. The van der Waals surface area contributed by atoms with Crippen LogP contribution in [0.4, 0.5) is 5.82 Å². The van der Waals surface area contributed by atoms with Crippen molar-refractivity contribution < 1.29 is 9.53 Å². The Labute approximate surface area is 138 Å². The molecule has 0 aliphatic rings. The summed E-state index contributed by atoms with van der Waals surface area (Å²) in [6.07, 6.45) is 4.77. The first kappa shape index (κ1) is 16.2. The molecule has 0 amide bonds. The Morgan fingerprint density at radius 3 is 2.82 bits per heavy atom. The lowest BCUT2D eigenvalue weighted by Crippen LogP contribution is -2.02. The fraction of sp³-hybridized carbons (Fsp3) is 0.176. The predicted molar refractivity (Wildman–Crippen MR) is 91.4 cm³/mol. The fourth-order valence-corrected chi connectivity index (χ4v) is 2.32. The van der Waals surface area contributed by atoms with Crippen molar-refractivity contribution >= 4 is 33.8 Å². The van der Waals surface area contributed by atoms with Gasteiger partial charge in [0, 0.05) is 18.8 Å². The number of benzene rings is 1. The number of pyridine rings is 1. The molecule has 0 fully saturated rings. The van der Waals surface area contributed by atoms with E-state index in [-0.39, 0.29) is 5.97 Å². The SMILES string of the molecule is CCOC(=O)/C=C/c1cnc(NCc2ccccc2)c(Br)c1. The molecule has 2 rings (SSSR count). The number of hydrogen-bond donors (Lipinski definition) is 1. The summed E-state index contributed by atoms with van der Waals surface area (Å²) in [5.74, 6) is 0.405. The molecule has 0 unspecified atom stereocenters. The minimum absolute atomic E-state index is 0.357. The summed E-state index contributed by atoms with van der Waals surface area (Å²) in [6.45, 7) is 2.84. The van der Waals surface area contributed by atoms with E-state index in [4.69, 9.17) is 4.74 Å². The Balaban J connectivity index is 1.99. The second-order valence-corrected chi connectivity index (χ2v) is 5.38. The fourth-order valence-electron chi connectivity index (χ4n) is 1.81. The van der Waals surface area contributed by atoms with Gasteiger partial charge in [-0.1, -0.05) is 30.3 Å². The van der Waals surface area contributed by atoms with Crippen molar-refractivity contribution in [3.8, 4) is 0 Å². The van der Waals surface area contributed by atoms with Gasteiger partial charge in [0.2, 0.25) is 0 Å². The predicted octanol–water partition coefficient (Wildman–Crippen LogP) is 4.03. The summed E-state index contributed by atoms with van der Waals surface area (Å²) in [5.41, 5.74) is 2.01. The third-order valence-electron chi connectivity index (χ3n) is 2.86. The van der Waals surface area contributed by atoms with Gasteiger partial charge >= 0.3 is 5.97 Å². The van der Waals surface area contributed by atoms with Gasteiger partial charge in [-0.05, 0) is 46.1 Å². The number of hydrogen-bond acceptors (Lipinski definition) is 4. The van der Waals surface area contributed by atoms with Crippen molar-refractivity contribution in [2.45, 2.75) is 13.5 Å². The number of nitrogens with one attached hydrogen (secondary N) is 1. The monoisotopic (exact) mass is 360 g/mol. The molecule has 0 aliphatic carbocycles. The van der Waals surface area contributed by atoms with Crippen LogP contribution in [0.25, 0.3) is 6.08 Å². The maximum Gasteiger partial charge on any atom is 0.330 e. The van der Waals surface area contributed by atoms with Gasteiger partial charge in [-0.25, -0.2) is 9.78 Å². The molecule has 0 saturated carbocycles. The van der Waals surface area contributed by atoms with Crippen molar-refractivity contribution in [2.75, 3.05) is 11.9 Å². The Morgan fingerprint density at radius 1 is 1.36 bits per heavy atom. The van der Waals surface area contributed by atoms with E-state index in [9.17, 15) is 4.79 Å². The minimum atomic E-state index is -0.357. The van der Waals surface area contributed by atoms with Gasteiger partial charge in [0.1, 0.15) is 5.82 Å². The van der Waals surface area contributed by atoms with Gasteiger partial charge in [-0.15, -0.1) is 0 Å². The quantitative estimate of drug-likeness (QED) is 0.623. The lowest BCUT2D eigenvalue weighted by Gasteiger charge is -2.08. The number of anilines is 1. The second kappa shape index (κ2) is 8.34. The van der Waals surface area contributed by atoms with E-state index in [1.54, 1.807) is 19.2 Å². The number of halogens is 1. The first-order valence-electron chi connectivity index (χ1n) is 6.97. The number of nitrogens with zero attached hydrogens (tertiary/aromatic N) is 1. The van der Waals surface area contributed by atoms with E-state index in [1.165, 1.54) is 11.6 Å². The van der Waals surface area contributed by atoms with Gasteiger partial charge < -0.3 is 10.1 Å². The standard InChI is InChI=1S/C17H17BrN2O2/c1-2-22-16(21)9-8-14-10-15(18)17(20-12-14)19-11-13-6-4-3-5-7-13/h3-10,12H,2,11H2,1H3,(H,19,20)/b9-8+. The topological polar surface area (TPSA) is 51.2 Å². The summed E-state index contributed by atoms with van der Waals surface area (Å²) in [5, 5.41) is 3.27. The number of aromatic nitrogens is 1. The summed E-state index contributed by atoms with van der Waals surface area (Å²) >= 11 is 3.48. The zero-order valence-electron chi connectivity index (χ0n) is 12.3. The third kappa shape index (κ3) is 5.00. The Hall–Kier alpha value is -2.14. The van der Waals surface area contributed by atoms with Crippen molar-refractivity contribution in [3.63, 3.8) is 0 Å². The molecular weight excluding hydrogens is 344 g/mol. The highest BCUT2D eigenvalue weighted by molar-refractivity contribution is 9.10. The van der Waals surface area contributed by atoms with Gasteiger partial charge in [0.15, 0.2) is 0 Å². The zero-order chi connectivity index (χ0) is 15.8. The van der Waals surface area contributed by atoms with E-state index in [0.29, 0.717) is 13.2 Å². The molecule has 2 aromatic rings. The molecule has 0 atom stereocenters. The molecule has 1 heterocycles. The van der Waals surface area contributed by atoms with Crippen LogP contribution < -0.4 is 5.32 Å². The van der Waals surface area contributed by atoms with Crippen LogP contribution in [-0.2, 0) is 16.1 Å². The summed E-state index contributed by atoms with van der Waals surface area (Å²) < 4.78 is 5.68. The Kier molecular flexibility index (Phi) is 6.15. The zero-order valence-corrected chi connectivity index (χ0v) is 13.8. The molecule has 0 radical (unpaired) electrons. The summed E-state index contributed by atoms with van der Waals surface area (Å²) in [4.78, 5) is 15.6. The maximum atomic E-state index is 11.3. The molecule has 22 heavy (non-hydrogen) atoms. The molecule has 5 heteroatoms. The molecule has 1 aromatic carbocycles. The van der Waals surface area contributed by atoms with Crippen molar-refractivity contribution in [1.29, 1.82) is 0 Å². The van der Waals surface area contributed by atoms with Crippen LogP contribution in [0.1, 0.15) is 18.1 Å². The molecule has 1 aromatic heterocycles. The average molecular weight is 361 g/mol. The molecule has 0 aliphatic heterocycles. The molecule has 0 spiro atoms. The van der Waals surface area contributed by atoms with Crippen molar-refractivity contribution in [2.24, 2.45) is 0 Å². The van der Waals surface area contributed by atoms with Gasteiger partial charge in [0.05, 0.1) is 11.1 Å². The molecule has 114 valence electrons. The lowest BCUT2D eigenvalue weighted by molar-refractivity contribution is -0.137. The van der Waals surface area contributed by atoms with Crippen LogP contribution in [-0.4, -0.2) is 17.6 Å². The number of carbonyl (C=O) groups excluding carboxylic acids is 1. The minimum Gasteiger partial charge on any atom is -0.463 e. The molecule has 4 nitrogen and oxygen atoms in total. The van der Waals surface area contributed by atoms with E-state index < -0.39 is 0 Å². The van der Waals surface area contributed by atoms with E-state index >= 15 is 0 Å². The highest BCUT2D eigenvalue weighted by Gasteiger charge is 2.02. The van der Waals surface area contributed by atoms with E-state index in [1.807, 2.05) is 24.3 Å². The van der Waals surface area contributed by atoms with Crippen LogP contribution in [0.15, 0.2) is 53.1 Å². The van der Waals surface area contributed by atoms with Gasteiger partial charge in [-0.3, -0.25) is 0 Å². The second-order valence-electron chi connectivity index (χ2n) is 4.52. The average Bonchev–Trinajstić information content (AvgIpc) is 2.53. The number of carbonyl (C=O) groups is 1. The normalized spacial score (nSPS) is 10.6. The van der Waals surface area contributed by atoms with Crippen LogP contribution in [0.5, 0.6) is 0 Å². The van der Waals surface area contributed by atoms with Gasteiger partial charge in [0.25, 0.3) is 0 Å². The van der Waals surface area contributed by atoms with Crippen LogP contribution in [0.3, 0.4) is 0 Å². The van der Waals surface area contributed by atoms with Crippen molar-refractivity contribution in [1.82, 2.24) is 4.98 Å². The number of esters is 1. The van der Waals surface area contributed by atoms with Gasteiger partial charge in [-0.2, -0.15) is 0 Å². The molecule has 1 N–H and O–H groups in total. The van der Waals surface area contributed by atoms with Crippen LogP contribution in [0, 0.1) is 0 Å². The Bertz CT molecular complexity index is 657. The van der Waals surface area contributed by atoms with Crippen molar-refractivity contribution in [3.05, 3.63) is 64.3 Å². The van der Waals surface area contributed by atoms with E-state index in [0.717, 1.165) is 15.9 Å². The highest BCUT2D eigenvalue weighted by atomic mass is 79.9.